The number of para-hydroxylation sites is 2. The molecule has 0 aliphatic carbocycles. The summed E-state index contributed by atoms with van der Waals surface area (Å²) in [6.07, 6.45) is 0. The standard InChI is InChI=1S/C18H15FN2O3S/c1-11(22)12-6-7-16(13(19)8-12)25-10-18(24)21-9-17(23)20-14-4-2-3-5-15(14)21/h2-8H,9-10H2,1H3,(H,20,23). The van der Waals surface area contributed by atoms with Gasteiger partial charge in [-0.1, -0.05) is 18.2 Å². The summed E-state index contributed by atoms with van der Waals surface area (Å²) in [5.41, 5.74) is 1.49. The molecule has 5 nitrogen and oxygen atoms in total. The number of fused-ring (bicyclic) bond motifs is 1. The van der Waals surface area contributed by atoms with E-state index in [4.69, 9.17) is 0 Å². The lowest BCUT2D eigenvalue weighted by atomic mass is 10.1. The number of ketones is 1. The van der Waals surface area contributed by atoms with Crippen molar-refractivity contribution in [2.45, 2.75) is 11.8 Å². The van der Waals surface area contributed by atoms with Crippen LogP contribution in [0.4, 0.5) is 15.8 Å². The van der Waals surface area contributed by atoms with Crippen LogP contribution in [0.15, 0.2) is 47.4 Å². The van der Waals surface area contributed by atoms with Crippen LogP contribution in [-0.4, -0.2) is 29.9 Å². The predicted molar refractivity (Wildman–Crippen MR) is 94.6 cm³/mol. The summed E-state index contributed by atoms with van der Waals surface area (Å²) < 4.78 is 14.0. The molecule has 7 heteroatoms. The van der Waals surface area contributed by atoms with Crippen LogP contribution in [0.2, 0.25) is 0 Å². The van der Waals surface area contributed by atoms with Crippen molar-refractivity contribution < 1.29 is 18.8 Å². The number of hydrogen-bond acceptors (Lipinski definition) is 4. The van der Waals surface area contributed by atoms with Crippen LogP contribution in [0.25, 0.3) is 0 Å². The van der Waals surface area contributed by atoms with E-state index in [1.807, 2.05) is 0 Å². The summed E-state index contributed by atoms with van der Waals surface area (Å²) in [6.45, 7) is 1.30. The molecule has 0 fully saturated rings. The predicted octanol–water partition coefficient (Wildman–Crippen LogP) is 3.11. The van der Waals surface area contributed by atoms with Gasteiger partial charge < -0.3 is 10.2 Å². The first kappa shape index (κ1) is 17.2. The average Bonchev–Trinajstić information content (AvgIpc) is 2.59. The van der Waals surface area contributed by atoms with Gasteiger partial charge in [-0.25, -0.2) is 4.39 Å². The molecule has 128 valence electrons. The highest BCUT2D eigenvalue weighted by molar-refractivity contribution is 8.00. The maximum Gasteiger partial charge on any atom is 0.244 e. The highest BCUT2D eigenvalue weighted by Crippen LogP contribution is 2.30. The number of halogens is 1. The molecule has 0 bridgehead atoms. The summed E-state index contributed by atoms with van der Waals surface area (Å²) in [6, 6.07) is 11.2. The molecule has 3 rings (SSSR count). The van der Waals surface area contributed by atoms with E-state index in [0.717, 1.165) is 11.8 Å². The second kappa shape index (κ2) is 7.06. The highest BCUT2D eigenvalue weighted by atomic mass is 32.2. The Kier molecular flexibility index (Phi) is 4.85. The van der Waals surface area contributed by atoms with Crippen LogP contribution >= 0.6 is 11.8 Å². The van der Waals surface area contributed by atoms with Gasteiger partial charge in [0.25, 0.3) is 0 Å². The molecule has 2 aromatic carbocycles. The van der Waals surface area contributed by atoms with Gasteiger partial charge in [0.05, 0.1) is 17.1 Å². The number of nitrogens with one attached hydrogen (secondary N) is 1. The number of anilines is 2. The minimum atomic E-state index is -0.540. The first-order chi connectivity index (χ1) is 12.0. The van der Waals surface area contributed by atoms with E-state index in [9.17, 15) is 18.8 Å². The fourth-order valence-corrected chi connectivity index (χ4v) is 3.31. The van der Waals surface area contributed by atoms with Crippen molar-refractivity contribution in [3.05, 3.63) is 53.8 Å². The van der Waals surface area contributed by atoms with Gasteiger partial charge in [0.15, 0.2) is 5.78 Å². The Bertz CT molecular complexity index is 869. The molecule has 2 aromatic rings. The second-order valence-corrected chi connectivity index (χ2v) is 6.55. The quantitative estimate of drug-likeness (QED) is 0.674. The van der Waals surface area contributed by atoms with Crippen molar-refractivity contribution in [3.63, 3.8) is 0 Å². The molecule has 0 saturated heterocycles. The fourth-order valence-electron chi connectivity index (χ4n) is 2.51. The lowest BCUT2D eigenvalue weighted by Crippen LogP contribution is -2.43. The van der Waals surface area contributed by atoms with E-state index >= 15 is 0 Å². The summed E-state index contributed by atoms with van der Waals surface area (Å²) in [7, 11) is 0. The molecule has 25 heavy (non-hydrogen) atoms. The normalized spacial score (nSPS) is 13.2. The third-order valence-corrected chi connectivity index (χ3v) is 4.79. The third kappa shape index (κ3) is 3.71. The largest absolute Gasteiger partial charge is 0.323 e. The van der Waals surface area contributed by atoms with Crippen molar-refractivity contribution in [1.29, 1.82) is 0 Å². The number of nitrogens with zero attached hydrogens (tertiary/aromatic N) is 1. The van der Waals surface area contributed by atoms with Crippen LogP contribution in [0.5, 0.6) is 0 Å². The van der Waals surface area contributed by atoms with Crippen molar-refractivity contribution in [3.8, 4) is 0 Å². The molecule has 0 saturated carbocycles. The van der Waals surface area contributed by atoms with Crippen molar-refractivity contribution in [1.82, 2.24) is 0 Å². The van der Waals surface area contributed by atoms with Gasteiger partial charge in [-0.2, -0.15) is 0 Å². The number of hydrogen-bond donors (Lipinski definition) is 1. The van der Waals surface area contributed by atoms with Crippen molar-refractivity contribution in [2.75, 3.05) is 22.5 Å². The Labute approximate surface area is 148 Å². The molecule has 1 N–H and O–H groups in total. The van der Waals surface area contributed by atoms with Crippen LogP contribution in [0.3, 0.4) is 0 Å². The first-order valence-electron chi connectivity index (χ1n) is 7.58. The van der Waals surface area contributed by atoms with Crippen LogP contribution in [0.1, 0.15) is 17.3 Å². The van der Waals surface area contributed by atoms with E-state index in [2.05, 4.69) is 5.32 Å². The number of amides is 2. The Morgan fingerprint density at radius 1 is 1.24 bits per heavy atom. The van der Waals surface area contributed by atoms with E-state index in [1.54, 1.807) is 24.3 Å². The minimum absolute atomic E-state index is 0.0159. The molecular formula is C18H15FN2O3S. The van der Waals surface area contributed by atoms with E-state index in [0.29, 0.717) is 11.4 Å². The molecule has 1 aliphatic rings. The molecule has 2 amide bonds. The Balaban J connectivity index is 1.73. The highest BCUT2D eigenvalue weighted by Gasteiger charge is 2.26. The Hall–Kier alpha value is -2.67. The lowest BCUT2D eigenvalue weighted by Gasteiger charge is -2.29. The van der Waals surface area contributed by atoms with Gasteiger partial charge in [-0.15, -0.1) is 11.8 Å². The van der Waals surface area contributed by atoms with Gasteiger partial charge in [-0.05, 0) is 31.2 Å². The Morgan fingerprint density at radius 2 is 2.00 bits per heavy atom. The van der Waals surface area contributed by atoms with Crippen LogP contribution in [0, 0.1) is 5.82 Å². The molecular weight excluding hydrogens is 343 g/mol. The van der Waals surface area contributed by atoms with Gasteiger partial charge in [0.2, 0.25) is 11.8 Å². The number of rotatable bonds is 4. The molecule has 0 unspecified atom stereocenters. The zero-order chi connectivity index (χ0) is 18.0. The van der Waals surface area contributed by atoms with Gasteiger partial charge >= 0.3 is 0 Å². The van der Waals surface area contributed by atoms with E-state index in [-0.39, 0.29) is 40.4 Å². The van der Waals surface area contributed by atoms with E-state index < -0.39 is 5.82 Å². The summed E-state index contributed by atoms with van der Waals surface area (Å²) in [4.78, 5) is 37.2. The van der Waals surface area contributed by atoms with Crippen molar-refractivity contribution in [2.24, 2.45) is 0 Å². The molecule has 1 aliphatic heterocycles. The van der Waals surface area contributed by atoms with Gasteiger partial charge in [-0.3, -0.25) is 14.4 Å². The smallest absolute Gasteiger partial charge is 0.244 e. The van der Waals surface area contributed by atoms with E-state index in [1.165, 1.54) is 30.0 Å². The molecule has 1 heterocycles. The average molecular weight is 358 g/mol. The van der Waals surface area contributed by atoms with Crippen LogP contribution in [-0.2, 0) is 9.59 Å². The summed E-state index contributed by atoms with van der Waals surface area (Å²) in [5, 5.41) is 2.71. The maximum atomic E-state index is 14.0. The number of thioether (sulfide) groups is 1. The zero-order valence-electron chi connectivity index (χ0n) is 13.4. The summed E-state index contributed by atoms with van der Waals surface area (Å²) >= 11 is 1.04. The van der Waals surface area contributed by atoms with Crippen LogP contribution < -0.4 is 10.2 Å². The molecule has 0 atom stereocenters. The third-order valence-electron chi connectivity index (χ3n) is 3.76. The number of Topliss-reactive ketones (excluding diaryl/α,β-unsaturated/α-hetero) is 1. The fraction of sp³-hybridized carbons (Fsp3) is 0.167. The number of carbonyl (C=O) groups is 3. The Morgan fingerprint density at radius 3 is 2.72 bits per heavy atom. The molecule has 0 aromatic heterocycles. The summed E-state index contributed by atoms with van der Waals surface area (Å²) in [5.74, 6) is -1.33. The SMILES string of the molecule is CC(=O)c1ccc(SCC(=O)N2CC(=O)Nc3ccccc32)c(F)c1. The second-order valence-electron chi connectivity index (χ2n) is 5.54. The monoisotopic (exact) mass is 358 g/mol. The maximum absolute atomic E-state index is 14.0. The molecule has 0 radical (unpaired) electrons. The van der Waals surface area contributed by atoms with Crippen molar-refractivity contribution >= 4 is 40.7 Å². The van der Waals surface area contributed by atoms with Gasteiger partial charge in [0.1, 0.15) is 12.4 Å². The molecule has 0 spiro atoms. The minimum Gasteiger partial charge on any atom is -0.323 e. The lowest BCUT2D eigenvalue weighted by molar-refractivity contribution is -0.120. The topological polar surface area (TPSA) is 66.5 Å². The zero-order valence-corrected chi connectivity index (χ0v) is 14.2. The first-order valence-corrected chi connectivity index (χ1v) is 8.57. The van der Waals surface area contributed by atoms with Gasteiger partial charge in [0, 0.05) is 10.5 Å². The number of benzene rings is 2. The number of carbonyl (C=O) groups excluding carboxylic acids is 3.